The third-order valence-corrected chi connectivity index (χ3v) is 4.43. The molecule has 0 unspecified atom stereocenters. The van der Waals surface area contributed by atoms with Gasteiger partial charge in [-0.25, -0.2) is 4.79 Å². The van der Waals surface area contributed by atoms with E-state index in [1.165, 1.54) is 0 Å². The molecule has 0 saturated heterocycles. The lowest BCUT2D eigenvalue weighted by Gasteiger charge is -2.19. The van der Waals surface area contributed by atoms with E-state index in [1.807, 2.05) is 4.57 Å². The molecular weight excluding hydrogens is 298 g/mol. The number of rotatable bonds is 3. The quantitative estimate of drug-likeness (QED) is 0.882. The van der Waals surface area contributed by atoms with Gasteiger partial charge < -0.3 is 19.1 Å². The number of carboxylic acids is 1. The van der Waals surface area contributed by atoms with Crippen molar-refractivity contribution in [2.75, 3.05) is 6.79 Å². The minimum atomic E-state index is -0.935. The van der Waals surface area contributed by atoms with Crippen LogP contribution in [0.3, 0.4) is 0 Å². The lowest BCUT2D eigenvalue weighted by molar-refractivity contribution is 0.0695. The van der Waals surface area contributed by atoms with Crippen molar-refractivity contribution in [3.05, 3.63) is 35.0 Å². The summed E-state index contributed by atoms with van der Waals surface area (Å²) in [5.41, 5.74) is 3.04. The Kier molecular flexibility index (Phi) is 3.11. The Morgan fingerprint density at radius 3 is 2.70 bits per heavy atom. The molecule has 1 aromatic heterocycles. The van der Waals surface area contributed by atoms with E-state index in [0.29, 0.717) is 28.2 Å². The fourth-order valence-corrected chi connectivity index (χ4v) is 3.36. The number of hydrogen-bond acceptors (Lipinski definition) is 4. The minimum Gasteiger partial charge on any atom is -0.478 e. The number of carboxylic acid groups (broad SMARTS) is 1. The second-order valence-electron chi connectivity index (χ2n) is 5.71. The molecule has 3 heterocycles. The number of ether oxygens (including phenoxy) is 2. The fraction of sp³-hybridized carbons (Fsp3) is 0.294. The Bertz CT molecular complexity index is 821. The van der Waals surface area contributed by atoms with Gasteiger partial charge in [-0.3, -0.25) is 4.79 Å². The van der Waals surface area contributed by atoms with Crippen LogP contribution < -0.4 is 9.47 Å². The van der Waals surface area contributed by atoms with Gasteiger partial charge in [0, 0.05) is 29.1 Å². The molecule has 0 amide bonds. The highest BCUT2D eigenvalue weighted by Crippen LogP contribution is 2.40. The van der Waals surface area contributed by atoms with Crippen LogP contribution in [0.1, 0.15) is 39.3 Å². The lowest BCUT2D eigenvalue weighted by atomic mass is 10.0. The number of aromatic carboxylic acids is 1. The monoisotopic (exact) mass is 313 g/mol. The molecule has 0 atom stereocenters. The molecule has 1 N–H and O–H groups in total. The molecule has 0 spiro atoms. The van der Waals surface area contributed by atoms with Crippen LogP contribution in [0.25, 0.3) is 11.3 Å². The van der Waals surface area contributed by atoms with E-state index in [0.717, 1.165) is 43.5 Å². The van der Waals surface area contributed by atoms with Crippen molar-refractivity contribution in [3.8, 4) is 22.8 Å². The smallest absolute Gasteiger partial charge is 0.337 e. The molecule has 2 aliphatic heterocycles. The summed E-state index contributed by atoms with van der Waals surface area (Å²) >= 11 is 0. The zero-order valence-corrected chi connectivity index (χ0v) is 12.4. The maximum absolute atomic E-state index is 11.5. The average molecular weight is 313 g/mol. The molecular formula is C17H15NO5. The fourth-order valence-electron chi connectivity index (χ4n) is 3.36. The van der Waals surface area contributed by atoms with E-state index >= 15 is 0 Å². The second kappa shape index (κ2) is 5.15. The number of aldehydes is 1. The number of carbonyl (C=O) groups excluding carboxylic acids is 1. The van der Waals surface area contributed by atoms with Crippen molar-refractivity contribution in [2.45, 2.75) is 25.8 Å². The summed E-state index contributed by atoms with van der Waals surface area (Å²) in [5.74, 6) is 0.184. The molecule has 6 nitrogen and oxygen atoms in total. The SMILES string of the molecule is O=Cc1cc2c(cc1-c1cc(C(=O)O)c3n1CCCC3)OCO2. The number of aromatic nitrogens is 1. The van der Waals surface area contributed by atoms with Crippen molar-refractivity contribution in [1.82, 2.24) is 4.57 Å². The van der Waals surface area contributed by atoms with Crippen molar-refractivity contribution in [1.29, 1.82) is 0 Å². The van der Waals surface area contributed by atoms with E-state index in [2.05, 4.69) is 0 Å². The lowest BCUT2D eigenvalue weighted by Crippen LogP contribution is -2.13. The summed E-state index contributed by atoms with van der Waals surface area (Å²) in [6, 6.07) is 5.07. The molecule has 0 bridgehead atoms. The summed E-state index contributed by atoms with van der Waals surface area (Å²) in [4.78, 5) is 23.0. The van der Waals surface area contributed by atoms with Crippen LogP contribution in [0.15, 0.2) is 18.2 Å². The van der Waals surface area contributed by atoms with Crippen molar-refractivity contribution >= 4 is 12.3 Å². The Morgan fingerprint density at radius 1 is 1.17 bits per heavy atom. The number of hydrogen-bond donors (Lipinski definition) is 1. The van der Waals surface area contributed by atoms with Crippen LogP contribution in [-0.4, -0.2) is 28.7 Å². The average Bonchev–Trinajstić information content (AvgIpc) is 3.17. The molecule has 2 aliphatic rings. The van der Waals surface area contributed by atoms with Gasteiger partial charge >= 0.3 is 5.97 Å². The molecule has 0 saturated carbocycles. The van der Waals surface area contributed by atoms with E-state index in [9.17, 15) is 14.7 Å². The maximum Gasteiger partial charge on any atom is 0.337 e. The maximum atomic E-state index is 11.5. The Balaban J connectivity index is 1.94. The van der Waals surface area contributed by atoms with Crippen LogP contribution >= 0.6 is 0 Å². The van der Waals surface area contributed by atoms with E-state index < -0.39 is 5.97 Å². The Morgan fingerprint density at radius 2 is 1.96 bits per heavy atom. The van der Waals surface area contributed by atoms with Crippen molar-refractivity contribution in [3.63, 3.8) is 0 Å². The van der Waals surface area contributed by atoms with Gasteiger partial charge in [0.25, 0.3) is 0 Å². The topological polar surface area (TPSA) is 77.8 Å². The predicted octanol–water partition coefficient (Wildman–Crippen LogP) is 2.73. The first kappa shape index (κ1) is 13.9. The predicted molar refractivity (Wildman–Crippen MR) is 81.3 cm³/mol. The summed E-state index contributed by atoms with van der Waals surface area (Å²) in [7, 11) is 0. The molecule has 1 aromatic carbocycles. The number of nitrogens with zero attached hydrogens (tertiary/aromatic N) is 1. The summed E-state index contributed by atoms with van der Waals surface area (Å²) in [6.45, 7) is 0.883. The van der Waals surface area contributed by atoms with Crippen LogP contribution in [0.2, 0.25) is 0 Å². The number of fused-ring (bicyclic) bond motifs is 2. The van der Waals surface area contributed by atoms with Gasteiger partial charge in [-0.05, 0) is 37.5 Å². The van der Waals surface area contributed by atoms with Gasteiger partial charge in [-0.2, -0.15) is 0 Å². The van der Waals surface area contributed by atoms with E-state index in [4.69, 9.17) is 9.47 Å². The molecule has 0 fully saturated rings. The Labute approximate surface area is 132 Å². The third-order valence-electron chi connectivity index (χ3n) is 4.43. The highest BCUT2D eigenvalue weighted by Gasteiger charge is 2.25. The van der Waals surface area contributed by atoms with Crippen molar-refractivity contribution < 1.29 is 24.2 Å². The normalized spacial score (nSPS) is 15.3. The first-order valence-corrected chi connectivity index (χ1v) is 7.54. The largest absolute Gasteiger partial charge is 0.478 e. The van der Waals surface area contributed by atoms with Gasteiger partial charge in [0.05, 0.1) is 5.56 Å². The zero-order valence-electron chi connectivity index (χ0n) is 12.4. The highest BCUT2D eigenvalue weighted by atomic mass is 16.7. The zero-order chi connectivity index (χ0) is 16.0. The minimum absolute atomic E-state index is 0.129. The number of carbonyl (C=O) groups is 2. The van der Waals surface area contributed by atoms with Crippen LogP contribution in [0.5, 0.6) is 11.5 Å². The molecule has 0 aliphatic carbocycles. The van der Waals surface area contributed by atoms with Crippen molar-refractivity contribution in [2.24, 2.45) is 0 Å². The first-order chi connectivity index (χ1) is 11.2. The van der Waals surface area contributed by atoms with Gasteiger partial charge in [0.15, 0.2) is 17.8 Å². The van der Waals surface area contributed by atoms with E-state index in [-0.39, 0.29) is 6.79 Å². The van der Waals surface area contributed by atoms with Gasteiger partial charge in [0.2, 0.25) is 6.79 Å². The van der Waals surface area contributed by atoms with Gasteiger partial charge in [-0.1, -0.05) is 0 Å². The Hall–Kier alpha value is -2.76. The standard InChI is InChI=1S/C17H15NO5/c19-8-10-5-15-16(23-9-22-15)7-11(10)14-6-12(17(20)21)13-3-1-2-4-18(13)14/h5-8H,1-4,9H2,(H,20,21). The summed E-state index contributed by atoms with van der Waals surface area (Å²) < 4.78 is 12.7. The van der Waals surface area contributed by atoms with Crippen LogP contribution in [-0.2, 0) is 13.0 Å². The van der Waals surface area contributed by atoms with Gasteiger partial charge in [-0.15, -0.1) is 0 Å². The van der Waals surface area contributed by atoms with Crippen LogP contribution in [0.4, 0.5) is 0 Å². The molecule has 2 aromatic rings. The molecule has 0 radical (unpaired) electrons. The second-order valence-corrected chi connectivity index (χ2v) is 5.71. The molecule has 23 heavy (non-hydrogen) atoms. The van der Waals surface area contributed by atoms with Gasteiger partial charge in [0.1, 0.15) is 0 Å². The summed E-state index contributed by atoms with van der Waals surface area (Å²) in [6.07, 6.45) is 3.48. The van der Waals surface area contributed by atoms with Crippen LogP contribution in [0, 0.1) is 0 Å². The number of benzene rings is 1. The molecule has 118 valence electrons. The third kappa shape index (κ3) is 2.10. The molecule has 4 rings (SSSR count). The summed E-state index contributed by atoms with van der Waals surface area (Å²) in [5, 5.41) is 9.45. The highest BCUT2D eigenvalue weighted by molar-refractivity contribution is 5.94. The first-order valence-electron chi connectivity index (χ1n) is 7.54. The van der Waals surface area contributed by atoms with E-state index in [1.54, 1.807) is 18.2 Å². The molecule has 6 heteroatoms.